The van der Waals surface area contributed by atoms with E-state index < -0.39 is 0 Å². The van der Waals surface area contributed by atoms with Gasteiger partial charge in [-0.25, -0.2) is 0 Å². The van der Waals surface area contributed by atoms with Gasteiger partial charge in [0.2, 0.25) is 5.91 Å². The minimum absolute atomic E-state index is 0.0429. The zero-order valence-corrected chi connectivity index (χ0v) is 11.6. The van der Waals surface area contributed by atoms with Crippen LogP contribution in [0.25, 0.3) is 0 Å². The monoisotopic (exact) mass is 269 g/mol. The second-order valence-electron chi connectivity index (χ2n) is 4.11. The van der Waals surface area contributed by atoms with Gasteiger partial charge in [-0.15, -0.1) is 0 Å². The summed E-state index contributed by atoms with van der Waals surface area (Å²) in [6, 6.07) is 5.56. The summed E-state index contributed by atoms with van der Waals surface area (Å²) >= 11 is 5.87. The van der Waals surface area contributed by atoms with E-state index in [2.05, 4.69) is 5.32 Å². The van der Waals surface area contributed by atoms with Crippen molar-refractivity contribution in [1.82, 2.24) is 10.2 Å². The first-order valence-electron chi connectivity index (χ1n) is 6.09. The van der Waals surface area contributed by atoms with Gasteiger partial charge in [-0.1, -0.05) is 24.6 Å². The number of carbonyl (C=O) groups excluding carboxylic acids is 1. The zero-order valence-electron chi connectivity index (χ0n) is 10.9. The van der Waals surface area contributed by atoms with E-state index >= 15 is 0 Å². The number of carbonyl (C=O) groups is 1. The zero-order chi connectivity index (χ0) is 13.5. The summed E-state index contributed by atoms with van der Waals surface area (Å²) in [4.78, 5) is 13.6. The van der Waals surface area contributed by atoms with E-state index in [1.807, 2.05) is 30.9 Å². The third-order valence-corrected chi connectivity index (χ3v) is 3.00. The van der Waals surface area contributed by atoms with Crippen LogP contribution < -0.4 is 11.1 Å². The standard InChI is InChI=1S/C13H20ClN3O/c1-3-16-13(18)9-17(4-2)8-10-5-6-11(14)12(15)7-10/h5-7H,3-4,8-9,15H2,1-2H3,(H,16,18). The molecule has 18 heavy (non-hydrogen) atoms. The number of hydrogen-bond donors (Lipinski definition) is 2. The Morgan fingerprint density at radius 2 is 2.17 bits per heavy atom. The quantitative estimate of drug-likeness (QED) is 0.776. The molecule has 0 atom stereocenters. The molecule has 0 aliphatic rings. The minimum atomic E-state index is 0.0429. The molecule has 0 unspecified atom stereocenters. The average molecular weight is 270 g/mol. The number of rotatable bonds is 6. The summed E-state index contributed by atoms with van der Waals surface area (Å²) in [5, 5.41) is 3.35. The number of likely N-dealkylation sites (N-methyl/N-ethyl adjacent to an activating group) is 2. The number of nitrogens with zero attached hydrogens (tertiary/aromatic N) is 1. The lowest BCUT2D eigenvalue weighted by Crippen LogP contribution is -2.36. The van der Waals surface area contributed by atoms with E-state index in [9.17, 15) is 4.79 Å². The SMILES string of the molecule is CCNC(=O)CN(CC)Cc1ccc(Cl)c(N)c1. The van der Waals surface area contributed by atoms with Crippen LogP contribution in [-0.4, -0.2) is 30.4 Å². The Morgan fingerprint density at radius 3 is 2.72 bits per heavy atom. The third-order valence-electron chi connectivity index (χ3n) is 2.65. The van der Waals surface area contributed by atoms with Gasteiger partial charge >= 0.3 is 0 Å². The van der Waals surface area contributed by atoms with Crippen LogP contribution in [-0.2, 0) is 11.3 Å². The van der Waals surface area contributed by atoms with Crippen LogP contribution >= 0.6 is 11.6 Å². The molecule has 1 rings (SSSR count). The highest BCUT2D eigenvalue weighted by Gasteiger charge is 2.09. The Bertz CT molecular complexity index is 409. The van der Waals surface area contributed by atoms with Gasteiger partial charge in [-0.05, 0) is 31.2 Å². The van der Waals surface area contributed by atoms with Crippen LogP contribution in [0.1, 0.15) is 19.4 Å². The number of nitrogen functional groups attached to an aromatic ring is 1. The predicted molar refractivity (Wildman–Crippen MR) is 75.5 cm³/mol. The molecule has 0 bridgehead atoms. The molecule has 1 aromatic rings. The Balaban J connectivity index is 2.62. The number of nitrogens with one attached hydrogen (secondary N) is 1. The molecule has 0 aliphatic heterocycles. The van der Waals surface area contributed by atoms with Crippen LogP contribution in [0.5, 0.6) is 0 Å². The first kappa shape index (κ1) is 14.8. The van der Waals surface area contributed by atoms with Crippen LogP contribution in [0.2, 0.25) is 5.02 Å². The maximum absolute atomic E-state index is 11.5. The molecule has 0 heterocycles. The first-order chi connectivity index (χ1) is 8.56. The summed E-state index contributed by atoms with van der Waals surface area (Å²) in [6.07, 6.45) is 0. The van der Waals surface area contributed by atoms with Crippen molar-refractivity contribution in [3.63, 3.8) is 0 Å². The molecule has 1 amide bonds. The number of amides is 1. The molecule has 4 nitrogen and oxygen atoms in total. The van der Waals surface area contributed by atoms with Gasteiger partial charge in [-0.3, -0.25) is 9.69 Å². The van der Waals surface area contributed by atoms with Gasteiger partial charge in [0.25, 0.3) is 0 Å². The molecule has 0 saturated heterocycles. The number of anilines is 1. The predicted octanol–water partition coefficient (Wildman–Crippen LogP) is 1.88. The van der Waals surface area contributed by atoms with Crippen molar-refractivity contribution >= 4 is 23.2 Å². The van der Waals surface area contributed by atoms with Crippen molar-refractivity contribution in [3.8, 4) is 0 Å². The van der Waals surface area contributed by atoms with Gasteiger partial charge in [0.05, 0.1) is 17.3 Å². The fourth-order valence-electron chi connectivity index (χ4n) is 1.69. The molecular weight excluding hydrogens is 250 g/mol. The number of hydrogen-bond acceptors (Lipinski definition) is 3. The van der Waals surface area contributed by atoms with E-state index in [4.69, 9.17) is 17.3 Å². The summed E-state index contributed by atoms with van der Waals surface area (Å²) in [5.74, 6) is 0.0429. The number of halogens is 1. The third kappa shape index (κ3) is 4.55. The van der Waals surface area contributed by atoms with Crippen LogP contribution in [0.15, 0.2) is 18.2 Å². The van der Waals surface area contributed by atoms with E-state index in [-0.39, 0.29) is 5.91 Å². The normalized spacial score (nSPS) is 10.7. The van der Waals surface area contributed by atoms with Gasteiger partial charge in [0, 0.05) is 13.1 Å². The van der Waals surface area contributed by atoms with E-state index in [1.54, 1.807) is 6.07 Å². The molecule has 5 heteroatoms. The molecule has 100 valence electrons. The van der Waals surface area contributed by atoms with Crippen LogP contribution in [0.4, 0.5) is 5.69 Å². The number of nitrogens with two attached hydrogens (primary N) is 1. The molecule has 0 spiro atoms. The van der Waals surface area contributed by atoms with Gasteiger partial charge in [-0.2, -0.15) is 0 Å². The molecule has 0 fully saturated rings. The summed E-state index contributed by atoms with van der Waals surface area (Å²) in [5.41, 5.74) is 7.39. The summed E-state index contributed by atoms with van der Waals surface area (Å²) in [6.45, 7) is 6.48. The van der Waals surface area contributed by atoms with Crippen molar-refractivity contribution in [3.05, 3.63) is 28.8 Å². The summed E-state index contributed by atoms with van der Waals surface area (Å²) < 4.78 is 0. The minimum Gasteiger partial charge on any atom is -0.398 e. The lowest BCUT2D eigenvalue weighted by molar-refractivity contribution is -0.122. The lowest BCUT2D eigenvalue weighted by atomic mass is 10.2. The molecule has 0 radical (unpaired) electrons. The lowest BCUT2D eigenvalue weighted by Gasteiger charge is -2.20. The van der Waals surface area contributed by atoms with Crippen LogP contribution in [0.3, 0.4) is 0 Å². The fraction of sp³-hybridized carbons (Fsp3) is 0.462. The fourth-order valence-corrected chi connectivity index (χ4v) is 1.80. The van der Waals surface area contributed by atoms with E-state index in [0.29, 0.717) is 30.3 Å². The topological polar surface area (TPSA) is 58.4 Å². The van der Waals surface area contributed by atoms with Crippen molar-refractivity contribution in [2.45, 2.75) is 20.4 Å². The Morgan fingerprint density at radius 1 is 1.44 bits per heavy atom. The van der Waals surface area contributed by atoms with Crippen LogP contribution in [0, 0.1) is 0 Å². The average Bonchev–Trinajstić information content (AvgIpc) is 2.33. The highest BCUT2D eigenvalue weighted by Crippen LogP contribution is 2.20. The molecular formula is C13H20ClN3O. The molecule has 0 aromatic heterocycles. The second kappa shape index (κ2) is 7.24. The molecule has 1 aromatic carbocycles. The highest BCUT2D eigenvalue weighted by atomic mass is 35.5. The largest absolute Gasteiger partial charge is 0.398 e. The molecule has 0 aliphatic carbocycles. The number of benzene rings is 1. The van der Waals surface area contributed by atoms with Crippen molar-refractivity contribution < 1.29 is 4.79 Å². The van der Waals surface area contributed by atoms with E-state index in [1.165, 1.54) is 0 Å². The smallest absolute Gasteiger partial charge is 0.234 e. The first-order valence-corrected chi connectivity index (χ1v) is 6.47. The second-order valence-corrected chi connectivity index (χ2v) is 4.52. The maximum atomic E-state index is 11.5. The Kier molecular flexibility index (Phi) is 5.95. The van der Waals surface area contributed by atoms with Crippen molar-refractivity contribution in [2.75, 3.05) is 25.4 Å². The molecule has 3 N–H and O–H groups in total. The van der Waals surface area contributed by atoms with E-state index in [0.717, 1.165) is 12.1 Å². The summed E-state index contributed by atoms with van der Waals surface area (Å²) in [7, 11) is 0. The molecule has 0 saturated carbocycles. The highest BCUT2D eigenvalue weighted by molar-refractivity contribution is 6.33. The van der Waals surface area contributed by atoms with Gasteiger partial charge in [0.15, 0.2) is 0 Å². The Hall–Kier alpha value is -1.26. The van der Waals surface area contributed by atoms with Gasteiger partial charge in [0.1, 0.15) is 0 Å². The Labute approximate surface area is 113 Å². The van der Waals surface area contributed by atoms with Crippen molar-refractivity contribution in [1.29, 1.82) is 0 Å². The van der Waals surface area contributed by atoms with Gasteiger partial charge < -0.3 is 11.1 Å². The van der Waals surface area contributed by atoms with Crippen molar-refractivity contribution in [2.24, 2.45) is 0 Å². The maximum Gasteiger partial charge on any atom is 0.234 e.